The zero-order valence-electron chi connectivity index (χ0n) is 35.6. The normalized spacial score (nSPS) is 11.9. The van der Waals surface area contributed by atoms with E-state index in [1.54, 1.807) is 0 Å². The molecule has 66 heavy (non-hydrogen) atoms. The van der Waals surface area contributed by atoms with Crippen molar-refractivity contribution in [2.45, 2.75) is 0 Å². The summed E-state index contributed by atoms with van der Waals surface area (Å²) in [7, 11) is 0. The molecule has 0 saturated carbocycles. The summed E-state index contributed by atoms with van der Waals surface area (Å²) in [5, 5.41) is 14.6. The van der Waals surface area contributed by atoms with Gasteiger partial charge in [-0.05, 0) is 92.3 Å². The molecule has 0 atom stereocenters. The van der Waals surface area contributed by atoms with Crippen LogP contribution in [0, 0.1) is 0 Å². The van der Waals surface area contributed by atoms with Crippen LogP contribution in [-0.4, -0.2) is 24.1 Å². The van der Waals surface area contributed by atoms with E-state index in [1.807, 2.05) is 18.2 Å². The van der Waals surface area contributed by atoms with Gasteiger partial charge in [0.1, 0.15) is 0 Å². The van der Waals surface area contributed by atoms with Crippen molar-refractivity contribution >= 4 is 86.7 Å². The average molecular weight is 840 g/mol. The van der Waals surface area contributed by atoms with Crippen LogP contribution >= 0.6 is 0 Å². The van der Waals surface area contributed by atoms with Crippen molar-refractivity contribution in [3.63, 3.8) is 0 Å². The van der Waals surface area contributed by atoms with E-state index in [-0.39, 0.29) is 0 Å². The number of fused-ring (bicyclic) bond motifs is 12. The Kier molecular flexibility index (Phi) is 7.91. The molecule has 0 unspecified atom stereocenters. The van der Waals surface area contributed by atoms with Crippen LogP contribution in [0.1, 0.15) is 0 Å². The van der Waals surface area contributed by atoms with Crippen LogP contribution in [0.5, 0.6) is 0 Å². The summed E-state index contributed by atoms with van der Waals surface area (Å²) in [6.45, 7) is 0. The van der Waals surface area contributed by atoms with E-state index in [4.69, 9.17) is 15.0 Å². The summed E-state index contributed by atoms with van der Waals surface area (Å²) in [5.74, 6) is 1.89. The Bertz CT molecular complexity index is 4290. The second kappa shape index (κ2) is 14.3. The van der Waals surface area contributed by atoms with Crippen molar-refractivity contribution in [2.24, 2.45) is 0 Å². The third kappa shape index (κ3) is 5.63. The van der Waals surface area contributed by atoms with Crippen LogP contribution in [0.15, 0.2) is 224 Å². The number of rotatable bonds is 5. The number of hydrogen-bond acceptors (Lipinski definition) is 3. The van der Waals surface area contributed by atoms with Crippen molar-refractivity contribution in [1.82, 2.24) is 24.1 Å². The highest BCUT2D eigenvalue weighted by Gasteiger charge is 2.19. The van der Waals surface area contributed by atoms with Gasteiger partial charge in [0.25, 0.3) is 0 Å². The Hall–Kier alpha value is -8.93. The summed E-state index contributed by atoms with van der Waals surface area (Å²) < 4.78 is 4.83. The maximum Gasteiger partial charge on any atom is 0.164 e. The van der Waals surface area contributed by atoms with Crippen LogP contribution in [0.25, 0.3) is 132 Å². The van der Waals surface area contributed by atoms with E-state index in [9.17, 15) is 0 Å². The number of aromatic nitrogens is 5. The van der Waals surface area contributed by atoms with Crippen LogP contribution in [0.4, 0.5) is 0 Å². The second-order valence-corrected chi connectivity index (χ2v) is 17.2. The van der Waals surface area contributed by atoms with Gasteiger partial charge in [0.2, 0.25) is 0 Å². The quantitative estimate of drug-likeness (QED) is 0.162. The van der Waals surface area contributed by atoms with E-state index in [0.717, 1.165) is 44.5 Å². The van der Waals surface area contributed by atoms with Crippen LogP contribution in [0.3, 0.4) is 0 Å². The fourth-order valence-corrected chi connectivity index (χ4v) is 10.4. The first-order valence-electron chi connectivity index (χ1n) is 22.4. The lowest BCUT2D eigenvalue weighted by Crippen LogP contribution is -2.01. The first-order chi connectivity index (χ1) is 32.7. The van der Waals surface area contributed by atoms with Gasteiger partial charge in [-0.25, -0.2) is 15.0 Å². The number of nitrogens with zero attached hydrogens (tertiary/aromatic N) is 5. The first kappa shape index (κ1) is 36.5. The Labute approximate surface area is 379 Å². The average Bonchev–Trinajstić information content (AvgIpc) is 3.90. The van der Waals surface area contributed by atoms with E-state index < -0.39 is 0 Å². The molecule has 5 heteroatoms. The van der Waals surface area contributed by atoms with Gasteiger partial charge >= 0.3 is 0 Å². The standard InChI is InChI=1S/C61H37N5/c1-2-15-40(16-3-1)59-62-60(64-61(63-59)44-29-31-49-42(33-44)26-25-38-13-4-6-19-48(38)49)43-17-12-18-46(34-43)65-55-23-10-9-22-52(55)54-36-45-35-47(30-27-41(45)37-57(54)65)66-56-24-11-8-21-51(56)53-32-28-39-14-5-7-20-50(39)58(53)66/h1-37H. The lowest BCUT2D eigenvalue weighted by molar-refractivity contribution is 1.07. The summed E-state index contributed by atoms with van der Waals surface area (Å²) in [6.07, 6.45) is 0. The van der Waals surface area contributed by atoms with Crippen molar-refractivity contribution in [1.29, 1.82) is 0 Å². The van der Waals surface area contributed by atoms with E-state index >= 15 is 0 Å². The van der Waals surface area contributed by atoms with Crippen molar-refractivity contribution in [3.8, 4) is 45.5 Å². The molecule has 0 radical (unpaired) electrons. The van der Waals surface area contributed by atoms with Crippen LogP contribution in [-0.2, 0) is 0 Å². The maximum atomic E-state index is 5.21. The second-order valence-electron chi connectivity index (χ2n) is 17.2. The molecular formula is C61H37N5. The van der Waals surface area contributed by atoms with Gasteiger partial charge in [-0.2, -0.15) is 0 Å². The molecule has 0 fully saturated rings. The Morgan fingerprint density at radius 3 is 1.59 bits per heavy atom. The predicted octanol–water partition coefficient (Wildman–Crippen LogP) is 15.7. The molecular weight excluding hydrogens is 803 g/mol. The SMILES string of the molecule is c1ccc(-c2nc(-c3cccc(-n4c5ccccc5c5cc6cc(-n7c8ccccc8c8ccc9ccccc9c87)ccc6cc54)c3)nc(-c3ccc4c(ccc5ccccc54)c3)n2)cc1. The van der Waals surface area contributed by atoms with Gasteiger partial charge in [0, 0.05) is 55.0 Å². The molecule has 3 aromatic heterocycles. The molecule has 0 spiro atoms. The summed E-state index contributed by atoms with van der Waals surface area (Å²) in [4.78, 5) is 15.4. The van der Waals surface area contributed by atoms with Gasteiger partial charge in [0.15, 0.2) is 17.5 Å². The number of benzene rings is 11. The topological polar surface area (TPSA) is 48.5 Å². The fourth-order valence-electron chi connectivity index (χ4n) is 10.4. The molecule has 3 heterocycles. The monoisotopic (exact) mass is 839 g/mol. The van der Waals surface area contributed by atoms with Gasteiger partial charge < -0.3 is 9.13 Å². The highest BCUT2D eigenvalue weighted by Crippen LogP contribution is 2.40. The molecule has 0 N–H and O–H groups in total. The first-order valence-corrected chi connectivity index (χ1v) is 22.4. The molecule has 5 nitrogen and oxygen atoms in total. The fraction of sp³-hybridized carbons (Fsp3) is 0. The highest BCUT2D eigenvalue weighted by atomic mass is 15.0. The van der Waals surface area contributed by atoms with Gasteiger partial charge in [-0.15, -0.1) is 0 Å². The molecule has 0 aliphatic carbocycles. The largest absolute Gasteiger partial charge is 0.309 e. The minimum atomic E-state index is 0.621. The van der Waals surface area contributed by atoms with Crippen molar-refractivity contribution in [2.75, 3.05) is 0 Å². The Morgan fingerprint density at radius 2 is 0.788 bits per heavy atom. The number of para-hydroxylation sites is 2. The summed E-state index contributed by atoms with van der Waals surface area (Å²) >= 11 is 0. The summed E-state index contributed by atoms with van der Waals surface area (Å²) in [6, 6.07) is 80.6. The molecule has 0 amide bonds. The molecule has 14 rings (SSSR count). The Morgan fingerprint density at radius 1 is 0.242 bits per heavy atom. The molecule has 0 bridgehead atoms. The molecule has 14 aromatic rings. The smallest absolute Gasteiger partial charge is 0.164 e. The van der Waals surface area contributed by atoms with Gasteiger partial charge in [-0.3, -0.25) is 0 Å². The highest BCUT2D eigenvalue weighted by molar-refractivity contribution is 6.19. The zero-order valence-corrected chi connectivity index (χ0v) is 35.6. The minimum absolute atomic E-state index is 0.621. The van der Waals surface area contributed by atoms with Gasteiger partial charge in [0.05, 0.1) is 22.1 Å². The van der Waals surface area contributed by atoms with Crippen LogP contribution < -0.4 is 0 Å². The zero-order chi connectivity index (χ0) is 43.3. The predicted molar refractivity (Wildman–Crippen MR) is 275 cm³/mol. The van der Waals surface area contributed by atoms with E-state index in [2.05, 4.69) is 215 Å². The van der Waals surface area contributed by atoms with Crippen LogP contribution in [0.2, 0.25) is 0 Å². The minimum Gasteiger partial charge on any atom is -0.309 e. The lowest BCUT2D eigenvalue weighted by atomic mass is 10.00. The van der Waals surface area contributed by atoms with Crippen molar-refractivity contribution in [3.05, 3.63) is 224 Å². The molecule has 11 aromatic carbocycles. The third-order valence-corrected chi connectivity index (χ3v) is 13.5. The van der Waals surface area contributed by atoms with E-state index in [1.165, 1.54) is 70.3 Å². The van der Waals surface area contributed by atoms with Gasteiger partial charge in [-0.1, -0.05) is 170 Å². The maximum absolute atomic E-state index is 5.21. The third-order valence-electron chi connectivity index (χ3n) is 13.5. The molecule has 0 saturated heterocycles. The molecule has 0 aliphatic rings. The molecule has 0 aliphatic heterocycles. The van der Waals surface area contributed by atoms with E-state index in [0.29, 0.717) is 17.5 Å². The van der Waals surface area contributed by atoms with Crippen molar-refractivity contribution < 1.29 is 0 Å². The number of hydrogen-bond donors (Lipinski definition) is 0. The Balaban J connectivity index is 0.925. The lowest BCUT2D eigenvalue weighted by Gasteiger charge is -2.13. The molecule has 306 valence electrons. The summed E-state index contributed by atoms with van der Waals surface area (Å²) in [5.41, 5.74) is 9.69.